The zero-order valence-electron chi connectivity index (χ0n) is 23.3. The van der Waals surface area contributed by atoms with E-state index in [1.54, 1.807) is 32.9 Å². The fourth-order valence-electron chi connectivity index (χ4n) is 3.77. The maximum Gasteiger partial charge on any atom is 0.412 e. The highest BCUT2D eigenvalue weighted by Crippen LogP contribution is 2.30. The van der Waals surface area contributed by atoms with Crippen molar-refractivity contribution in [2.45, 2.75) is 84.8 Å². The van der Waals surface area contributed by atoms with Crippen LogP contribution in [0.3, 0.4) is 0 Å². The fourth-order valence-corrected chi connectivity index (χ4v) is 3.77. The Bertz CT molecular complexity index is 1130. The Balaban J connectivity index is 2.34. The first-order valence-corrected chi connectivity index (χ1v) is 12.3. The summed E-state index contributed by atoms with van der Waals surface area (Å²) < 4.78 is 32.0. The van der Waals surface area contributed by atoms with Crippen LogP contribution in [0.2, 0.25) is 0 Å². The van der Waals surface area contributed by atoms with Crippen molar-refractivity contribution >= 4 is 41.6 Å². The lowest BCUT2D eigenvalue weighted by Crippen LogP contribution is -2.64. The molecular weight excluding hydrogens is 532 g/mol. The van der Waals surface area contributed by atoms with Crippen molar-refractivity contribution in [3.05, 3.63) is 29.8 Å². The summed E-state index contributed by atoms with van der Waals surface area (Å²) in [6.07, 6.45) is -7.90. The van der Waals surface area contributed by atoms with Gasteiger partial charge in [0.05, 0.1) is 11.3 Å². The highest BCUT2D eigenvalue weighted by atomic mass is 16.7. The van der Waals surface area contributed by atoms with E-state index >= 15 is 0 Å². The van der Waals surface area contributed by atoms with Gasteiger partial charge in [0.25, 0.3) is 5.91 Å². The predicted molar refractivity (Wildman–Crippen MR) is 136 cm³/mol. The van der Waals surface area contributed by atoms with E-state index in [9.17, 15) is 28.8 Å². The normalized spacial score (nSPS) is 22.2. The molecule has 0 bridgehead atoms. The molecule has 1 aromatic carbocycles. The number of nitrogens with one attached hydrogen (secondary N) is 2. The van der Waals surface area contributed by atoms with Gasteiger partial charge in [-0.1, -0.05) is 12.1 Å². The second-order valence-electron chi connectivity index (χ2n) is 9.76. The minimum atomic E-state index is -1.57. The van der Waals surface area contributed by atoms with Gasteiger partial charge in [-0.3, -0.25) is 29.3 Å². The molecule has 1 heterocycles. The van der Waals surface area contributed by atoms with E-state index in [0.717, 1.165) is 27.7 Å². The van der Waals surface area contributed by atoms with Crippen molar-refractivity contribution in [1.29, 1.82) is 0 Å². The molecule has 2 amide bonds. The molecule has 1 aliphatic rings. The average molecular weight is 567 g/mol. The Kier molecular flexibility index (Phi) is 11.0. The molecule has 1 aromatic rings. The van der Waals surface area contributed by atoms with Crippen molar-refractivity contribution in [2.75, 3.05) is 11.9 Å². The number of carbonyl (C=O) groups excluding carboxylic acids is 6. The second kappa shape index (κ2) is 13.7. The van der Waals surface area contributed by atoms with Crippen LogP contribution in [0.1, 0.15) is 58.8 Å². The largest absolute Gasteiger partial charge is 0.456 e. The van der Waals surface area contributed by atoms with Gasteiger partial charge in [0.2, 0.25) is 12.4 Å². The molecule has 14 nitrogen and oxygen atoms in total. The molecular formula is C26H34N2O12. The Labute approximate surface area is 230 Å². The molecule has 220 valence electrons. The molecule has 0 aromatic heterocycles. The van der Waals surface area contributed by atoms with E-state index in [0.29, 0.717) is 0 Å². The van der Waals surface area contributed by atoms with E-state index in [4.69, 9.17) is 28.4 Å². The SMILES string of the molecule is CC(=O)O[C@H]1O[C@H](CNC(=O)c2ccccc2NC(=O)OC(C)(C)C)[C@@H](OC(C)=O)[C@H](OC(C)=O)[C@H]1OC(C)=O. The Morgan fingerprint density at radius 3 is 1.85 bits per heavy atom. The van der Waals surface area contributed by atoms with Gasteiger partial charge < -0.3 is 33.7 Å². The molecule has 2 rings (SSSR count). The van der Waals surface area contributed by atoms with Gasteiger partial charge in [0, 0.05) is 34.2 Å². The highest BCUT2D eigenvalue weighted by molar-refractivity contribution is 6.02. The van der Waals surface area contributed by atoms with E-state index < -0.39 is 72.2 Å². The zero-order valence-corrected chi connectivity index (χ0v) is 23.3. The smallest absolute Gasteiger partial charge is 0.412 e. The summed E-state index contributed by atoms with van der Waals surface area (Å²) in [6.45, 7) is 9.05. The summed E-state index contributed by atoms with van der Waals surface area (Å²) in [5, 5.41) is 5.12. The number of esters is 4. The van der Waals surface area contributed by atoms with Crippen LogP contribution in [0, 0.1) is 0 Å². The number of anilines is 1. The minimum Gasteiger partial charge on any atom is -0.456 e. The lowest BCUT2D eigenvalue weighted by Gasteiger charge is -2.43. The molecule has 0 radical (unpaired) electrons. The van der Waals surface area contributed by atoms with Crippen LogP contribution >= 0.6 is 0 Å². The van der Waals surface area contributed by atoms with E-state index in [1.165, 1.54) is 12.1 Å². The van der Waals surface area contributed by atoms with Crippen LogP contribution in [-0.4, -0.2) is 78.7 Å². The molecule has 1 fully saturated rings. The first kappa shape index (κ1) is 32.0. The molecule has 0 aliphatic carbocycles. The van der Waals surface area contributed by atoms with Crippen molar-refractivity contribution in [1.82, 2.24) is 5.32 Å². The third-order valence-corrected chi connectivity index (χ3v) is 5.05. The van der Waals surface area contributed by atoms with Crippen molar-refractivity contribution in [2.24, 2.45) is 0 Å². The molecule has 0 unspecified atom stereocenters. The van der Waals surface area contributed by atoms with Crippen LogP contribution in [0.5, 0.6) is 0 Å². The number of ether oxygens (including phenoxy) is 6. The minimum absolute atomic E-state index is 0.0686. The number of rotatable bonds is 8. The Morgan fingerprint density at radius 1 is 0.775 bits per heavy atom. The van der Waals surface area contributed by atoms with E-state index in [-0.39, 0.29) is 17.8 Å². The third kappa shape index (κ3) is 9.84. The van der Waals surface area contributed by atoms with Gasteiger partial charge in [-0.15, -0.1) is 0 Å². The zero-order chi connectivity index (χ0) is 30.2. The van der Waals surface area contributed by atoms with Crippen LogP contribution in [0.15, 0.2) is 24.3 Å². The topological polar surface area (TPSA) is 182 Å². The maximum atomic E-state index is 13.1. The summed E-state index contributed by atoms with van der Waals surface area (Å²) in [5.41, 5.74) is -0.549. The summed E-state index contributed by atoms with van der Waals surface area (Å²) >= 11 is 0. The number of hydrogen-bond acceptors (Lipinski definition) is 12. The van der Waals surface area contributed by atoms with Crippen LogP contribution < -0.4 is 10.6 Å². The molecule has 40 heavy (non-hydrogen) atoms. The second-order valence-corrected chi connectivity index (χ2v) is 9.76. The molecule has 1 aliphatic heterocycles. The van der Waals surface area contributed by atoms with Gasteiger partial charge in [0.15, 0.2) is 12.2 Å². The predicted octanol–water partition coefficient (Wildman–Crippen LogP) is 1.85. The molecule has 5 atom stereocenters. The van der Waals surface area contributed by atoms with Gasteiger partial charge in [-0.05, 0) is 32.9 Å². The summed E-state index contributed by atoms with van der Waals surface area (Å²) in [5.74, 6) is -3.88. The van der Waals surface area contributed by atoms with Gasteiger partial charge in [0.1, 0.15) is 11.7 Å². The maximum absolute atomic E-state index is 13.1. The third-order valence-electron chi connectivity index (χ3n) is 5.05. The molecule has 14 heteroatoms. The van der Waals surface area contributed by atoms with Crippen LogP contribution in [-0.2, 0) is 47.6 Å². The molecule has 0 spiro atoms. The Hall–Kier alpha value is -4.20. The number of hydrogen-bond donors (Lipinski definition) is 2. The van der Waals surface area contributed by atoms with Crippen molar-refractivity contribution < 1.29 is 57.2 Å². The lowest BCUT2D eigenvalue weighted by molar-refractivity contribution is -0.294. The van der Waals surface area contributed by atoms with Crippen molar-refractivity contribution in [3.63, 3.8) is 0 Å². The first-order chi connectivity index (χ1) is 18.6. The molecule has 0 saturated carbocycles. The number of para-hydroxylation sites is 1. The van der Waals surface area contributed by atoms with Gasteiger partial charge in [-0.25, -0.2) is 4.79 Å². The number of amides is 2. The Morgan fingerprint density at radius 2 is 1.30 bits per heavy atom. The monoisotopic (exact) mass is 566 g/mol. The van der Waals surface area contributed by atoms with Crippen LogP contribution in [0.25, 0.3) is 0 Å². The number of carbonyl (C=O) groups is 6. The summed E-state index contributed by atoms with van der Waals surface area (Å²) in [7, 11) is 0. The summed E-state index contributed by atoms with van der Waals surface area (Å²) in [6, 6.07) is 6.13. The fraction of sp³-hybridized carbons (Fsp3) is 0.538. The number of benzene rings is 1. The molecule has 1 saturated heterocycles. The lowest BCUT2D eigenvalue weighted by atomic mass is 9.97. The van der Waals surface area contributed by atoms with Gasteiger partial charge >= 0.3 is 30.0 Å². The standard InChI is InChI=1S/C26H34N2O12/c1-13(29)35-20-19(39-24(38-16(4)32)22(37-15(3)31)21(20)36-14(2)30)12-27-23(33)17-10-8-9-11-18(17)28-25(34)40-26(5,6)7/h8-11,19-22,24H,12H2,1-7H3,(H,27,33)(H,28,34)/t19-,20-,21+,22-,24+/m1/s1. The quantitative estimate of drug-likeness (QED) is 0.345. The van der Waals surface area contributed by atoms with Crippen LogP contribution in [0.4, 0.5) is 10.5 Å². The van der Waals surface area contributed by atoms with E-state index in [1.807, 2.05) is 0 Å². The first-order valence-electron chi connectivity index (χ1n) is 12.3. The summed E-state index contributed by atoms with van der Waals surface area (Å²) in [4.78, 5) is 72.8. The van der Waals surface area contributed by atoms with Crippen molar-refractivity contribution in [3.8, 4) is 0 Å². The van der Waals surface area contributed by atoms with E-state index in [2.05, 4.69) is 10.6 Å². The molecule has 2 N–H and O–H groups in total. The highest BCUT2D eigenvalue weighted by Gasteiger charge is 2.53. The van der Waals surface area contributed by atoms with Gasteiger partial charge in [-0.2, -0.15) is 0 Å². The average Bonchev–Trinajstić information content (AvgIpc) is 2.79.